The summed E-state index contributed by atoms with van der Waals surface area (Å²) in [6.07, 6.45) is 7.16. The van der Waals surface area contributed by atoms with Gasteiger partial charge >= 0.3 is 0 Å². The summed E-state index contributed by atoms with van der Waals surface area (Å²) in [6, 6.07) is 5.36. The maximum absolute atomic E-state index is 11.9. The van der Waals surface area contributed by atoms with Gasteiger partial charge in [0.1, 0.15) is 11.6 Å². The van der Waals surface area contributed by atoms with Gasteiger partial charge in [0, 0.05) is 12.7 Å². The lowest BCUT2D eigenvalue weighted by atomic mass is 9.89. The first-order valence-corrected chi connectivity index (χ1v) is 6.37. The molecule has 2 fully saturated rings. The summed E-state index contributed by atoms with van der Waals surface area (Å²) in [7, 11) is 0. The zero-order chi connectivity index (χ0) is 11.8. The summed E-state index contributed by atoms with van der Waals surface area (Å²) in [4.78, 5) is 11.9. The summed E-state index contributed by atoms with van der Waals surface area (Å²) in [5.74, 6) is 2.37. The first-order chi connectivity index (χ1) is 8.28. The molecular weight excluding hydrogens is 212 g/mol. The minimum absolute atomic E-state index is 0.127. The van der Waals surface area contributed by atoms with Gasteiger partial charge in [0.2, 0.25) is 0 Å². The van der Waals surface area contributed by atoms with Crippen LogP contribution in [0.3, 0.4) is 0 Å². The van der Waals surface area contributed by atoms with E-state index < -0.39 is 0 Å². The minimum Gasteiger partial charge on any atom is -0.314 e. The van der Waals surface area contributed by atoms with Crippen LogP contribution >= 0.6 is 0 Å². The van der Waals surface area contributed by atoms with Crippen molar-refractivity contribution in [3.05, 3.63) is 34.2 Å². The fourth-order valence-corrected chi connectivity index (χ4v) is 3.62. The Hall–Kier alpha value is -1.56. The summed E-state index contributed by atoms with van der Waals surface area (Å²) < 4.78 is 1.73. The van der Waals surface area contributed by atoms with E-state index in [4.69, 9.17) is 5.26 Å². The van der Waals surface area contributed by atoms with Crippen LogP contribution in [-0.2, 0) is 6.54 Å². The van der Waals surface area contributed by atoms with Gasteiger partial charge in [-0.25, -0.2) is 0 Å². The van der Waals surface area contributed by atoms with E-state index in [9.17, 15) is 4.79 Å². The van der Waals surface area contributed by atoms with Gasteiger partial charge in [0.25, 0.3) is 5.56 Å². The van der Waals surface area contributed by atoms with Crippen LogP contribution in [0.15, 0.2) is 23.1 Å². The normalized spacial score (nSPS) is 30.4. The lowest BCUT2D eigenvalue weighted by Gasteiger charge is -2.22. The van der Waals surface area contributed by atoms with Gasteiger partial charge in [-0.1, -0.05) is 6.42 Å². The fraction of sp³-hybridized carbons (Fsp3) is 0.571. The molecule has 0 N–H and O–H groups in total. The average molecular weight is 228 g/mol. The quantitative estimate of drug-likeness (QED) is 0.778. The van der Waals surface area contributed by atoms with Gasteiger partial charge < -0.3 is 4.57 Å². The molecule has 1 aromatic heterocycles. The number of nitriles is 1. The smallest absolute Gasteiger partial charge is 0.268 e. The molecule has 3 heteroatoms. The second kappa shape index (κ2) is 4.03. The molecule has 3 rings (SSSR count). The number of aromatic nitrogens is 1. The SMILES string of the molecule is N#Cc1cccn(CC2CC3CCC2C3)c1=O. The highest BCUT2D eigenvalue weighted by Crippen LogP contribution is 2.48. The van der Waals surface area contributed by atoms with E-state index >= 15 is 0 Å². The van der Waals surface area contributed by atoms with Gasteiger partial charge in [-0.05, 0) is 49.1 Å². The van der Waals surface area contributed by atoms with Gasteiger partial charge in [-0.3, -0.25) is 4.79 Å². The lowest BCUT2D eigenvalue weighted by molar-refractivity contribution is 0.293. The molecule has 88 valence electrons. The summed E-state index contributed by atoms with van der Waals surface area (Å²) in [5.41, 5.74) is 0.133. The van der Waals surface area contributed by atoms with Crippen LogP contribution in [0.1, 0.15) is 31.2 Å². The van der Waals surface area contributed by atoms with Crippen molar-refractivity contribution < 1.29 is 0 Å². The third-order valence-electron chi connectivity index (χ3n) is 4.46. The maximum Gasteiger partial charge on any atom is 0.268 e. The number of hydrogen-bond acceptors (Lipinski definition) is 2. The first-order valence-electron chi connectivity index (χ1n) is 6.37. The predicted molar refractivity (Wildman–Crippen MR) is 64.4 cm³/mol. The Labute approximate surface area is 101 Å². The van der Waals surface area contributed by atoms with Crippen molar-refractivity contribution in [2.75, 3.05) is 0 Å². The summed E-state index contributed by atoms with van der Waals surface area (Å²) >= 11 is 0. The highest BCUT2D eigenvalue weighted by Gasteiger charge is 2.39. The zero-order valence-electron chi connectivity index (χ0n) is 9.80. The number of nitrogens with zero attached hydrogens (tertiary/aromatic N) is 2. The molecule has 2 aliphatic carbocycles. The number of pyridine rings is 1. The van der Waals surface area contributed by atoms with Gasteiger partial charge in [0.15, 0.2) is 0 Å². The van der Waals surface area contributed by atoms with Crippen LogP contribution in [0.5, 0.6) is 0 Å². The maximum atomic E-state index is 11.9. The van der Waals surface area contributed by atoms with Crippen molar-refractivity contribution >= 4 is 0 Å². The Morgan fingerprint density at radius 1 is 1.41 bits per heavy atom. The topological polar surface area (TPSA) is 45.8 Å². The summed E-state index contributed by atoms with van der Waals surface area (Å²) in [6.45, 7) is 0.801. The number of hydrogen-bond donors (Lipinski definition) is 0. The van der Waals surface area contributed by atoms with Crippen molar-refractivity contribution in [1.82, 2.24) is 4.57 Å². The molecule has 0 aromatic carbocycles. The third kappa shape index (κ3) is 1.78. The van der Waals surface area contributed by atoms with Crippen molar-refractivity contribution in [3.63, 3.8) is 0 Å². The van der Waals surface area contributed by atoms with Gasteiger partial charge in [0.05, 0.1) is 0 Å². The van der Waals surface area contributed by atoms with Gasteiger partial charge in [-0.2, -0.15) is 5.26 Å². The zero-order valence-corrected chi connectivity index (χ0v) is 9.80. The van der Waals surface area contributed by atoms with Crippen molar-refractivity contribution in [2.45, 2.75) is 32.2 Å². The molecule has 1 aromatic rings. The molecule has 3 nitrogen and oxygen atoms in total. The molecule has 0 aliphatic heterocycles. The molecule has 3 atom stereocenters. The van der Waals surface area contributed by atoms with Crippen LogP contribution < -0.4 is 5.56 Å². The number of fused-ring (bicyclic) bond motifs is 2. The third-order valence-corrected chi connectivity index (χ3v) is 4.46. The Bertz CT molecular complexity index is 526. The molecule has 17 heavy (non-hydrogen) atoms. The Morgan fingerprint density at radius 3 is 2.94 bits per heavy atom. The second-order valence-electron chi connectivity index (χ2n) is 5.43. The van der Waals surface area contributed by atoms with Crippen LogP contribution in [0.4, 0.5) is 0 Å². The fourth-order valence-electron chi connectivity index (χ4n) is 3.62. The monoisotopic (exact) mass is 228 g/mol. The standard InChI is InChI=1S/C14H16N2O/c15-8-12-2-1-5-16(14(12)17)9-13-7-10-3-4-11(13)6-10/h1-2,5,10-11,13H,3-4,6-7,9H2. The van der Waals surface area contributed by atoms with Crippen LogP contribution in [0.25, 0.3) is 0 Å². The lowest BCUT2D eigenvalue weighted by Crippen LogP contribution is -2.27. The number of rotatable bonds is 2. The highest BCUT2D eigenvalue weighted by molar-refractivity contribution is 5.25. The molecule has 0 saturated heterocycles. The molecule has 1 heterocycles. The van der Waals surface area contributed by atoms with E-state index in [-0.39, 0.29) is 11.1 Å². The Balaban J connectivity index is 1.82. The molecule has 3 unspecified atom stereocenters. The molecule has 0 amide bonds. The average Bonchev–Trinajstić information content (AvgIpc) is 2.94. The Kier molecular flexibility index (Phi) is 2.51. The van der Waals surface area contributed by atoms with Crippen LogP contribution in [0, 0.1) is 29.1 Å². The van der Waals surface area contributed by atoms with Crippen molar-refractivity contribution in [1.29, 1.82) is 5.26 Å². The van der Waals surface area contributed by atoms with E-state index in [0.717, 1.165) is 18.4 Å². The highest BCUT2D eigenvalue weighted by atomic mass is 16.1. The summed E-state index contributed by atoms with van der Waals surface area (Å²) in [5, 5.41) is 8.85. The molecule has 0 spiro atoms. The molecular formula is C14H16N2O. The van der Waals surface area contributed by atoms with E-state index in [0.29, 0.717) is 5.92 Å². The van der Waals surface area contributed by atoms with E-state index in [1.165, 1.54) is 25.7 Å². The molecule has 0 radical (unpaired) electrons. The van der Waals surface area contributed by atoms with Crippen molar-refractivity contribution in [2.24, 2.45) is 17.8 Å². The predicted octanol–water partition coefficient (Wildman–Crippen LogP) is 2.16. The van der Waals surface area contributed by atoms with E-state index in [1.807, 2.05) is 12.3 Å². The molecule has 2 bridgehead atoms. The first kappa shape index (κ1) is 10.6. The second-order valence-corrected chi connectivity index (χ2v) is 5.43. The Morgan fingerprint density at radius 2 is 2.29 bits per heavy atom. The van der Waals surface area contributed by atoms with Crippen molar-refractivity contribution in [3.8, 4) is 6.07 Å². The largest absolute Gasteiger partial charge is 0.314 e. The van der Waals surface area contributed by atoms with Crippen LogP contribution in [0.2, 0.25) is 0 Å². The minimum atomic E-state index is -0.127. The van der Waals surface area contributed by atoms with Gasteiger partial charge in [-0.15, -0.1) is 0 Å². The van der Waals surface area contributed by atoms with E-state index in [1.54, 1.807) is 16.7 Å². The molecule has 2 saturated carbocycles. The molecule has 2 aliphatic rings. The van der Waals surface area contributed by atoms with E-state index in [2.05, 4.69) is 0 Å². The van der Waals surface area contributed by atoms with Crippen LogP contribution in [-0.4, -0.2) is 4.57 Å².